The van der Waals surface area contributed by atoms with Gasteiger partial charge in [0.15, 0.2) is 11.3 Å². The minimum atomic E-state index is -4.76. The number of benzene rings is 1. The topological polar surface area (TPSA) is 75.9 Å². The van der Waals surface area contributed by atoms with Gasteiger partial charge >= 0.3 is 12.1 Å². The van der Waals surface area contributed by atoms with Crippen LogP contribution in [0.3, 0.4) is 0 Å². The van der Waals surface area contributed by atoms with Gasteiger partial charge in [0.2, 0.25) is 0 Å². The number of likely N-dealkylation sites (N-methyl/N-ethyl adjacent to an activating group) is 1. The molecule has 1 N–H and O–H groups in total. The number of halogens is 6. The Bertz CT molecular complexity index is 1180. The molecule has 3 rings (SSSR count). The first-order chi connectivity index (χ1) is 15.5. The maximum Gasteiger partial charge on any atom is 0.435 e. The molecular weight excluding hydrogens is 520 g/mol. The summed E-state index contributed by atoms with van der Waals surface area (Å²) in [6.07, 6.45) is -3.37. The van der Waals surface area contributed by atoms with Crippen LogP contribution in [0.15, 0.2) is 36.5 Å². The highest BCUT2D eigenvalue weighted by Crippen LogP contribution is 2.34. The molecule has 2 heterocycles. The second-order valence-corrected chi connectivity index (χ2v) is 7.86. The zero-order valence-corrected chi connectivity index (χ0v) is 20.3. The first kappa shape index (κ1) is 27.7. The number of hydrogen-bond donors (Lipinski definition) is 1. The van der Waals surface area contributed by atoms with Crippen molar-refractivity contribution in [2.45, 2.75) is 19.6 Å². The number of anilines is 1. The average molecular weight is 540 g/mol. The number of rotatable bonds is 7. The Hall–Kier alpha value is -2.53. The van der Waals surface area contributed by atoms with Crippen LogP contribution < -0.4 is 5.32 Å². The van der Waals surface area contributed by atoms with E-state index >= 15 is 0 Å². The highest BCUT2D eigenvalue weighted by Gasteiger charge is 2.38. The summed E-state index contributed by atoms with van der Waals surface area (Å²) in [4.78, 5) is 29.6. The summed E-state index contributed by atoms with van der Waals surface area (Å²) < 4.78 is 47.4. The van der Waals surface area contributed by atoms with Crippen LogP contribution in [0.5, 0.6) is 0 Å². The number of nitrogens with zero attached hydrogens (tertiary/aromatic N) is 3. The predicted octanol–water partition coefficient (Wildman–Crippen LogP) is 5.33. The fourth-order valence-electron chi connectivity index (χ4n) is 3.23. The van der Waals surface area contributed by atoms with Gasteiger partial charge in [-0.2, -0.15) is 13.2 Å². The average Bonchev–Trinajstić information content (AvgIpc) is 3.08. The van der Waals surface area contributed by atoms with E-state index in [2.05, 4.69) is 10.3 Å². The Morgan fingerprint density at radius 3 is 2.41 bits per heavy atom. The number of alkyl halides is 3. The van der Waals surface area contributed by atoms with Gasteiger partial charge in [0.05, 0.1) is 40.1 Å². The number of aromatic nitrogens is 2. The van der Waals surface area contributed by atoms with E-state index in [0.717, 1.165) is 0 Å². The summed E-state index contributed by atoms with van der Waals surface area (Å²) in [5.41, 5.74) is -1.43. The number of esters is 1. The minimum Gasteiger partial charge on any atom is -0.465 e. The van der Waals surface area contributed by atoms with Gasteiger partial charge in [-0.1, -0.05) is 29.3 Å². The number of carbonyl (C=O) groups excluding carboxylic acids is 2. The van der Waals surface area contributed by atoms with Gasteiger partial charge in [-0.3, -0.25) is 14.5 Å². The van der Waals surface area contributed by atoms with Gasteiger partial charge in [-0.15, -0.1) is 12.4 Å². The van der Waals surface area contributed by atoms with Crippen molar-refractivity contribution in [2.24, 2.45) is 0 Å². The van der Waals surface area contributed by atoms with E-state index in [0.29, 0.717) is 0 Å². The zero-order chi connectivity index (χ0) is 24.3. The van der Waals surface area contributed by atoms with E-state index < -0.39 is 23.7 Å². The maximum atomic E-state index is 13.8. The Morgan fingerprint density at radius 1 is 1.18 bits per heavy atom. The molecule has 0 atom stereocenters. The molecule has 0 fully saturated rings. The van der Waals surface area contributed by atoms with E-state index in [9.17, 15) is 22.8 Å². The number of carbonyl (C=O) groups is 2. The number of amides is 1. The number of hydrogen-bond acceptors (Lipinski definition) is 5. The Balaban J connectivity index is 0.00000408. The highest BCUT2D eigenvalue weighted by molar-refractivity contribution is 6.40. The molecule has 184 valence electrons. The molecule has 0 aliphatic carbocycles. The number of pyridine rings is 1. The second-order valence-electron chi connectivity index (χ2n) is 7.05. The van der Waals surface area contributed by atoms with Crippen LogP contribution in [0, 0.1) is 0 Å². The molecule has 1 aromatic carbocycles. The van der Waals surface area contributed by atoms with Crippen molar-refractivity contribution in [3.63, 3.8) is 0 Å². The third kappa shape index (κ3) is 6.12. The molecule has 0 spiro atoms. The molecule has 1 amide bonds. The Morgan fingerprint density at radius 2 is 1.82 bits per heavy atom. The highest BCUT2D eigenvalue weighted by atomic mass is 35.5. The third-order valence-corrected chi connectivity index (χ3v) is 5.21. The van der Waals surface area contributed by atoms with Crippen molar-refractivity contribution < 1.29 is 27.5 Å². The normalized spacial score (nSPS) is 11.4. The van der Waals surface area contributed by atoms with E-state index in [1.54, 1.807) is 13.0 Å². The van der Waals surface area contributed by atoms with Crippen LogP contribution in [-0.2, 0) is 22.3 Å². The van der Waals surface area contributed by atoms with Crippen LogP contribution in [-0.4, -0.2) is 46.4 Å². The summed E-state index contributed by atoms with van der Waals surface area (Å²) in [6.45, 7) is 1.34. The zero-order valence-electron chi connectivity index (χ0n) is 17.9. The fourth-order valence-corrected chi connectivity index (χ4v) is 3.80. The molecule has 7 nitrogen and oxygen atoms in total. The molecule has 34 heavy (non-hydrogen) atoms. The Labute approximate surface area is 209 Å². The van der Waals surface area contributed by atoms with Crippen LogP contribution in [0.1, 0.15) is 28.7 Å². The SMILES string of the molecule is CCOC(=O)CN(C)Cc1c(C(F)(F)F)nc2c(NC(=O)c3c(Cl)cccc3Cl)cccn12.Cl. The van der Waals surface area contributed by atoms with Crippen molar-refractivity contribution in [3.8, 4) is 0 Å². The lowest BCUT2D eigenvalue weighted by molar-refractivity contribution is -0.144. The lowest BCUT2D eigenvalue weighted by atomic mass is 10.2. The largest absolute Gasteiger partial charge is 0.465 e. The van der Waals surface area contributed by atoms with Gasteiger partial charge in [-0.05, 0) is 38.2 Å². The predicted molar refractivity (Wildman–Crippen MR) is 125 cm³/mol. The van der Waals surface area contributed by atoms with Crippen molar-refractivity contribution >= 4 is 58.8 Å². The van der Waals surface area contributed by atoms with Crippen molar-refractivity contribution in [2.75, 3.05) is 25.5 Å². The monoisotopic (exact) mass is 538 g/mol. The van der Waals surface area contributed by atoms with Gasteiger partial charge in [0.25, 0.3) is 5.91 Å². The molecule has 0 aliphatic heterocycles. The molecule has 2 aromatic heterocycles. The van der Waals surface area contributed by atoms with E-state index in [1.807, 2.05) is 0 Å². The van der Waals surface area contributed by atoms with Crippen molar-refractivity contribution in [1.82, 2.24) is 14.3 Å². The molecule has 0 aliphatic rings. The molecule has 0 bridgehead atoms. The van der Waals surface area contributed by atoms with E-state index in [4.69, 9.17) is 27.9 Å². The first-order valence-corrected chi connectivity index (χ1v) is 10.4. The molecular formula is C21H20Cl3F3N4O3. The van der Waals surface area contributed by atoms with Crippen molar-refractivity contribution in [1.29, 1.82) is 0 Å². The van der Waals surface area contributed by atoms with Crippen LogP contribution in [0.4, 0.5) is 18.9 Å². The number of fused-ring (bicyclic) bond motifs is 1. The Kier molecular flexibility index (Phi) is 9.18. The van der Waals surface area contributed by atoms with Crippen LogP contribution in [0.25, 0.3) is 5.65 Å². The molecule has 0 saturated carbocycles. The molecule has 0 unspecified atom stereocenters. The van der Waals surface area contributed by atoms with Gasteiger partial charge in [0.1, 0.15) is 0 Å². The summed E-state index contributed by atoms with van der Waals surface area (Å²) in [6, 6.07) is 7.38. The maximum absolute atomic E-state index is 13.8. The quantitative estimate of drug-likeness (QED) is 0.411. The van der Waals surface area contributed by atoms with Gasteiger partial charge in [0, 0.05) is 12.7 Å². The molecule has 0 saturated heterocycles. The van der Waals surface area contributed by atoms with E-state index in [1.165, 1.54) is 46.8 Å². The summed E-state index contributed by atoms with van der Waals surface area (Å²) >= 11 is 12.1. The first-order valence-electron chi connectivity index (χ1n) is 9.69. The summed E-state index contributed by atoms with van der Waals surface area (Å²) in [7, 11) is 1.49. The second kappa shape index (κ2) is 11.3. The van der Waals surface area contributed by atoms with Gasteiger partial charge < -0.3 is 14.5 Å². The molecule has 0 radical (unpaired) electrons. The lowest BCUT2D eigenvalue weighted by Crippen LogP contribution is -2.28. The van der Waals surface area contributed by atoms with Crippen LogP contribution in [0.2, 0.25) is 10.0 Å². The molecule has 3 aromatic rings. The van der Waals surface area contributed by atoms with Crippen LogP contribution >= 0.6 is 35.6 Å². The van der Waals surface area contributed by atoms with Gasteiger partial charge in [-0.25, -0.2) is 4.98 Å². The fraction of sp³-hybridized carbons (Fsp3) is 0.286. The third-order valence-electron chi connectivity index (χ3n) is 4.58. The number of imidazole rings is 1. The van der Waals surface area contributed by atoms with E-state index in [-0.39, 0.29) is 64.7 Å². The summed E-state index contributed by atoms with van der Waals surface area (Å²) in [5.74, 6) is -1.26. The van der Waals surface area contributed by atoms with Crippen molar-refractivity contribution in [3.05, 3.63) is 63.5 Å². The standard InChI is InChI=1S/C21H19Cl2F3N4O3.ClH/c1-3-33-16(31)11-29(2)10-15-18(21(24,25)26)28-19-14(8-5-9-30(15)19)27-20(32)17-12(22)6-4-7-13(17)23;/h4-9H,3,10-11H2,1-2H3,(H,27,32);1H. The smallest absolute Gasteiger partial charge is 0.435 e. The number of nitrogens with one attached hydrogen (secondary N) is 1. The lowest BCUT2D eigenvalue weighted by Gasteiger charge is -2.17. The number of ether oxygens (including phenoxy) is 1. The minimum absolute atomic E-state index is 0. The molecule has 13 heteroatoms. The summed E-state index contributed by atoms with van der Waals surface area (Å²) in [5, 5.41) is 2.71.